The maximum Gasteiger partial charge on any atom is 0.254 e. The largest absolute Gasteiger partial charge is 0.383 e. The van der Waals surface area contributed by atoms with E-state index >= 15 is 0 Å². The Bertz CT molecular complexity index is 692. The van der Waals surface area contributed by atoms with Gasteiger partial charge in [0, 0.05) is 44.5 Å². The average Bonchev–Trinajstić information content (AvgIpc) is 3.35. The predicted octanol–water partition coefficient (Wildman–Crippen LogP) is 1.34. The predicted molar refractivity (Wildman–Crippen MR) is 94.5 cm³/mol. The Balaban J connectivity index is 1.73. The summed E-state index contributed by atoms with van der Waals surface area (Å²) >= 11 is 1.51. The van der Waals surface area contributed by atoms with Gasteiger partial charge < -0.3 is 15.0 Å². The number of likely N-dealkylation sites (tertiary alicyclic amines) is 1. The number of rotatable bonds is 6. The first-order valence-corrected chi connectivity index (χ1v) is 9.20. The van der Waals surface area contributed by atoms with Crippen LogP contribution in [0.3, 0.4) is 0 Å². The van der Waals surface area contributed by atoms with Crippen LogP contribution in [0.5, 0.6) is 0 Å². The van der Waals surface area contributed by atoms with Gasteiger partial charge in [0.1, 0.15) is 5.54 Å². The van der Waals surface area contributed by atoms with E-state index in [9.17, 15) is 9.59 Å². The fraction of sp³-hybridized carbons (Fsp3) is 0.471. The molecular formula is C17H22N4O3S. The molecule has 0 atom stereocenters. The number of nitrogens with zero attached hydrogens (tertiary/aromatic N) is 3. The number of aromatic nitrogens is 2. The van der Waals surface area contributed by atoms with E-state index in [0.29, 0.717) is 44.6 Å². The zero-order valence-corrected chi connectivity index (χ0v) is 15.0. The van der Waals surface area contributed by atoms with E-state index in [1.54, 1.807) is 18.0 Å². The fourth-order valence-electron chi connectivity index (χ4n) is 3.16. The first kappa shape index (κ1) is 17.6. The Morgan fingerprint density at radius 1 is 1.40 bits per heavy atom. The molecule has 0 aliphatic carbocycles. The lowest BCUT2D eigenvalue weighted by molar-refractivity contribution is -0.133. The van der Waals surface area contributed by atoms with E-state index in [4.69, 9.17) is 4.74 Å². The number of ether oxygens (including phenoxy) is 1. The number of carbonyl (C=O) groups is 2. The van der Waals surface area contributed by atoms with E-state index in [0.717, 1.165) is 0 Å². The van der Waals surface area contributed by atoms with Crippen LogP contribution in [0.15, 0.2) is 35.3 Å². The van der Waals surface area contributed by atoms with Crippen LogP contribution in [0.25, 0.3) is 0 Å². The van der Waals surface area contributed by atoms with Gasteiger partial charge in [0.15, 0.2) is 0 Å². The monoisotopic (exact) mass is 362 g/mol. The van der Waals surface area contributed by atoms with Gasteiger partial charge in [0.25, 0.3) is 5.91 Å². The van der Waals surface area contributed by atoms with E-state index in [-0.39, 0.29) is 11.8 Å². The number of methoxy groups -OCH3 is 1. The van der Waals surface area contributed by atoms with Crippen molar-refractivity contribution >= 4 is 23.2 Å². The third-order valence-corrected chi connectivity index (χ3v) is 5.29. The van der Waals surface area contributed by atoms with Crippen LogP contribution in [0.1, 0.15) is 23.2 Å². The van der Waals surface area contributed by atoms with Crippen LogP contribution in [0, 0.1) is 0 Å². The SMILES string of the molecule is COCCNC(=O)C1(n2cccn2)CCN(C(=O)c2ccsc2)CC1. The standard InChI is InChI=1S/C17H22N4O3S/c1-24-11-7-18-16(23)17(21-8-2-6-19-21)4-9-20(10-5-17)15(22)14-3-12-25-13-14/h2-3,6,8,12-13H,4-5,7,9-11H2,1H3,(H,18,23). The Hall–Kier alpha value is -2.19. The molecule has 0 spiro atoms. The number of nitrogens with one attached hydrogen (secondary N) is 1. The van der Waals surface area contributed by atoms with Gasteiger partial charge in [0.05, 0.1) is 12.2 Å². The van der Waals surface area contributed by atoms with Gasteiger partial charge in [-0.25, -0.2) is 0 Å². The molecular weight excluding hydrogens is 340 g/mol. The maximum atomic E-state index is 12.9. The highest BCUT2D eigenvalue weighted by molar-refractivity contribution is 7.08. The molecule has 2 amide bonds. The normalized spacial score (nSPS) is 16.6. The van der Waals surface area contributed by atoms with Crippen LogP contribution < -0.4 is 5.32 Å². The Morgan fingerprint density at radius 3 is 2.80 bits per heavy atom. The summed E-state index contributed by atoms with van der Waals surface area (Å²) in [6.07, 6.45) is 4.55. The lowest BCUT2D eigenvalue weighted by Gasteiger charge is -2.40. The summed E-state index contributed by atoms with van der Waals surface area (Å²) in [4.78, 5) is 27.2. The Morgan fingerprint density at radius 2 is 2.20 bits per heavy atom. The highest BCUT2D eigenvalue weighted by Crippen LogP contribution is 2.31. The molecule has 1 N–H and O–H groups in total. The molecule has 1 saturated heterocycles. The topological polar surface area (TPSA) is 76.5 Å². The van der Waals surface area contributed by atoms with Crippen molar-refractivity contribution in [1.82, 2.24) is 20.0 Å². The van der Waals surface area contributed by atoms with Crippen LogP contribution in [-0.2, 0) is 15.1 Å². The number of thiophene rings is 1. The summed E-state index contributed by atoms with van der Waals surface area (Å²) in [6, 6.07) is 3.65. The molecule has 0 aromatic carbocycles. The molecule has 1 aliphatic rings. The van der Waals surface area contributed by atoms with Crippen LogP contribution in [0.2, 0.25) is 0 Å². The molecule has 134 valence electrons. The van der Waals surface area contributed by atoms with Gasteiger partial charge >= 0.3 is 0 Å². The van der Waals surface area contributed by atoms with Crippen molar-refractivity contribution in [2.75, 3.05) is 33.4 Å². The van der Waals surface area contributed by atoms with Crippen molar-refractivity contribution in [1.29, 1.82) is 0 Å². The summed E-state index contributed by atoms with van der Waals surface area (Å²) in [5, 5.41) is 11.0. The summed E-state index contributed by atoms with van der Waals surface area (Å²) in [6.45, 7) is 1.96. The smallest absolute Gasteiger partial charge is 0.254 e. The molecule has 0 bridgehead atoms. The minimum absolute atomic E-state index is 0.0232. The summed E-state index contributed by atoms with van der Waals surface area (Å²) in [5.41, 5.74) is -0.0519. The number of hydrogen-bond donors (Lipinski definition) is 1. The zero-order chi connectivity index (χ0) is 17.7. The second-order valence-corrected chi connectivity index (χ2v) is 6.82. The van der Waals surface area contributed by atoms with Crippen LogP contribution in [-0.4, -0.2) is 59.8 Å². The third kappa shape index (κ3) is 3.59. The number of amides is 2. The van der Waals surface area contributed by atoms with Gasteiger partial charge in [-0.3, -0.25) is 14.3 Å². The second-order valence-electron chi connectivity index (χ2n) is 6.04. The van der Waals surface area contributed by atoms with Crippen LogP contribution >= 0.6 is 11.3 Å². The summed E-state index contributed by atoms with van der Waals surface area (Å²) < 4.78 is 6.73. The van der Waals surface area contributed by atoms with Crippen molar-refractivity contribution in [2.24, 2.45) is 0 Å². The highest BCUT2D eigenvalue weighted by Gasteiger charge is 2.44. The molecule has 0 unspecified atom stereocenters. The lowest BCUT2D eigenvalue weighted by Crippen LogP contribution is -2.56. The molecule has 0 saturated carbocycles. The van der Waals surface area contributed by atoms with E-state index in [1.165, 1.54) is 11.3 Å². The minimum atomic E-state index is -0.761. The summed E-state index contributed by atoms with van der Waals surface area (Å²) in [5.74, 6) is -0.0500. The quantitative estimate of drug-likeness (QED) is 0.787. The minimum Gasteiger partial charge on any atom is -0.383 e. The Kier molecular flexibility index (Phi) is 5.50. The number of piperidine rings is 1. The third-order valence-electron chi connectivity index (χ3n) is 4.60. The van der Waals surface area contributed by atoms with Gasteiger partial charge in [-0.05, 0) is 30.4 Å². The molecule has 8 heteroatoms. The van der Waals surface area contributed by atoms with E-state index in [2.05, 4.69) is 10.4 Å². The van der Waals surface area contributed by atoms with Crippen molar-refractivity contribution in [3.63, 3.8) is 0 Å². The van der Waals surface area contributed by atoms with E-state index in [1.807, 2.05) is 34.0 Å². The summed E-state index contributed by atoms with van der Waals surface area (Å²) in [7, 11) is 1.60. The van der Waals surface area contributed by atoms with Crippen molar-refractivity contribution < 1.29 is 14.3 Å². The number of carbonyl (C=O) groups excluding carboxylic acids is 2. The molecule has 25 heavy (non-hydrogen) atoms. The first-order valence-electron chi connectivity index (χ1n) is 8.26. The maximum absolute atomic E-state index is 12.9. The fourth-order valence-corrected chi connectivity index (χ4v) is 3.79. The molecule has 7 nitrogen and oxygen atoms in total. The Labute approximate surface area is 150 Å². The molecule has 3 heterocycles. The van der Waals surface area contributed by atoms with Crippen molar-refractivity contribution in [2.45, 2.75) is 18.4 Å². The lowest BCUT2D eigenvalue weighted by atomic mass is 9.86. The molecule has 1 aliphatic heterocycles. The van der Waals surface area contributed by atoms with Crippen molar-refractivity contribution in [3.8, 4) is 0 Å². The van der Waals surface area contributed by atoms with Gasteiger partial charge in [-0.1, -0.05) is 0 Å². The van der Waals surface area contributed by atoms with E-state index < -0.39 is 5.54 Å². The highest BCUT2D eigenvalue weighted by atomic mass is 32.1. The molecule has 2 aromatic heterocycles. The molecule has 0 radical (unpaired) electrons. The van der Waals surface area contributed by atoms with Crippen molar-refractivity contribution in [3.05, 3.63) is 40.8 Å². The first-order chi connectivity index (χ1) is 12.2. The van der Waals surface area contributed by atoms with Gasteiger partial charge in [0.2, 0.25) is 5.91 Å². The van der Waals surface area contributed by atoms with Gasteiger partial charge in [-0.2, -0.15) is 16.4 Å². The molecule has 1 fully saturated rings. The average molecular weight is 362 g/mol. The zero-order valence-electron chi connectivity index (χ0n) is 14.2. The molecule has 2 aromatic rings. The number of hydrogen-bond acceptors (Lipinski definition) is 5. The molecule has 3 rings (SSSR count). The van der Waals surface area contributed by atoms with Crippen LogP contribution in [0.4, 0.5) is 0 Å². The second kappa shape index (κ2) is 7.79. The van der Waals surface area contributed by atoms with Gasteiger partial charge in [-0.15, -0.1) is 0 Å².